The van der Waals surface area contributed by atoms with Gasteiger partial charge in [0.15, 0.2) is 0 Å². The Morgan fingerprint density at radius 2 is 1.94 bits per heavy atom. The van der Waals surface area contributed by atoms with E-state index in [-0.39, 0.29) is 6.61 Å². The predicted molar refractivity (Wildman–Crippen MR) is 44.5 cm³/mol. The number of halogens is 3. The third-order valence-electron chi connectivity index (χ3n) is 1.39. The Balaban J connectivity index is 4.66. The molecule has 0 spiro atoms. The highest BCUT2D eigenvalue weighted by Crippen LogP contribution is 2.20. The van der Waals surface area contributed by atoms with Gasteiger partial charge >= 0.3 is 12.1 Å². The molecule has 0 saturated heterocycles. The van der Waals surface area contributed by atoms with Crippen molar-refractivity contribution in [1.29, 1.82) is 0 Å². The normalized spacial score (nSPS) is 13.3. The summed E-state index contributed by atoms with van der Waals surface area (Å²) in [5.41, 5.74) is 0. The highest BCUT2D eigenvalue weighted by molar-refractivity contribution is 6.04. The summed E-state index contributed by atoms with van der Waals surface area (Å²) in [5.74, 6) is -3.77. The molecule has 1 unspecified atom stereocenters. The molecular weight excluding hydrogens is 233 g/mol. The molecule has 0 saturated carbocycles. The molecule has 0 aromatic rings. The molecule has 0 aromatic heterocycles. The monoisotopic (exact) mass is 244 g/mol. The second-order valence-corrected chi connectivity index (χ2v) is 2.59. The molecule has 0 aliphatic heterocycles. The Labute approximate surface area is 89.1 Å². The number of rotatable bonds is 6. The summed E-state index contributed by atoms with van der Waals surface area (Å²) in [6.45, 7) is 0.0222. The van der Waals surface area contributed by atoms with Gasteiger partial charge in [0.05, 0.1) is 19.8 Å². The fourth-order valence-electron chi connectivity index (χ4n) is 0.788. The molecule has 1 N–H and O–H groups in total. The average Bonchev–Trinajstić information content (AvgIpc) is 2.17. The number of ether oxygens (including phenoxy) is 2. The number of ketones is 1. The molecule has 94 valence electrons. The summed E-state index contributed by atoms with van der Waals surface area (Å²) in [5, 5.41) is 8.34. The fraction of sp³-hybridized carbons (Fsp3) is 0.750. The van der Waals surface area contributed by atoms with Crippen LogP contribution in [0, 0.1) is 0 Å². The number of aliphatic hydroxyl groups excluding tert-OH is 1. The Kier molecular flexibility index (Phi) is 5.97. The molecule has 8 heteroatoms. The smallest absolute Gasteiger partial charge is 0.453 e. The summed E-state index contributed by atoms with van der Waals surface area (Å²) in [6, 6.07) is 0. The van der Waals surface area contributed by atoms with Crippen LogP contribution >= 0.6 is 0 Å². The molecular formula is C8H11F3O5. The molecule has 5 nitrogen and oxygen atoms in total. The third kappa shape index (κ3) is 4.58. The Hall–Kier alpha value is -1.15. The van der Waals surface area contributed by atoms with E-state index in [9.17, 15) is 22.8 Å². The second-order valence-electron chi connectivity index (χ2n) is 2.59. The number of hydrogen-bond donors (Lipinski definition) is 1. The lowest BCUT2D eigenvalue weighted by Gasteiger charge is -2.16. The van der Waals surface area contributed by atoms with Crippen molar-refractivity contribution in [2.24, 2.45) is 0 Å². The maximum atomic E-state index is 12.0. The molecule has 0 rings (SSSR count). The van der Waals surface area contributed by atoms with Crippen LogP contribution in [-0.2, 0) is 19.1 Å². The van der Waals surface area contributed by atoms with Gasteiger partial charge in [-0.2, -0.15) is 13.2 Å². The van der Waals surface area contributed by atoms with Crippen molar-refractivity contribution in [3.8, 4) is 0 Å². The van der Waals surface area contributed by atoms with E-state index in [0.717, 1.165) is 0 Å². The van der Waals surface area contributed by atoms with Crippen molar-refractivity contribution in [3.63, 3.8) is 0 Å². The van der Waals surface area contributed by atoms with Gasteiger partial charge in [0.1, 0.15) is 0 Å². The minimum atomic E-state index is -5.19. The molecule has 0 aromatic carbocycles. The van der Waals surface area contributed by atoms with E-state index in [1.54, 1.807) is 0 Å². The summed E-state index contributed by atoms with van der Waals surface area (Å²) >= 11 is 0. The second kappa shape index (κ2) is 6.44. The fourth-order valence-corrected chi connectivity index (χ4v) is 0.788. The van der Waals surface area contributed by atoms with Gasteiger partial charge < -0.3 is 14.6 Å². The third-order valence-corrected chi connectivity index (χ3v) is 1.39. The van der Waals surface area contributed by atoms with Gasteiger partial charge in [-0.25, -0.2) is 4.79 Å². The highest BCUT2D eigenvalue weighted by atomic mass is 19.4. The number of alkyl halides is 3. The number of carbonyl (C=O) groups is 2. The van der Waals surface area contributed by atoms with Gasteiger partial charge in [0, 0.05) is 0 Å². The minimum Gasteiger partial charge on any atom is -0.464 e. The van der Waals surface area contributed by atoms with Crippen molar-refractivity contribution in [2.75, 3.05) is 19.8 Å². The first-order chi connectivity index (χ1) is 7.34. The van der Waals surface area contributed by atoms with Crippen LogP contribution < -0.4 is 0 Å². The van der Waals surface area contributed by atoms with Crippen molar-refractivity contribution in [3.05, 3.63) is 0 Å². The highest BCUT2D eigenvalue weighted by Gasteiger charge is 2.47. The first-order valence-corrected chi connectivity index (χ1v) is 4.34. The van der Waals surface area contributed by atoms with Gasteiger partial charge in [-0.05, 0) is 6.92 Å². The summed E-state index contributed by atoms with van der Waals surface area (Å²) in [4.78, 5) is 21.7. The van der Waals surface area contributed by atoms with Crippen LogP contribution in [-0.4, -0.2) is 49.0 Å². The molecule has 0 bridgehead atoms. The Bertz CT molecular complexity index is 251. The maximum Gasteiger partial charge on any atom is 0.453 e. The van der Waals surface area contributed by atoms with Crippen LogP contribution in [0.5, 0.6) is 0 Å². The lowest BCUT2D eigenvalue weighted by Crippen LogP contribution is -2.43. The van der Waals surface area contributed by atoms with E-state index >= 15 is 0 Å². The van der Waals surface area contributed by atoms with E-state index in [2.05, 4.69) is 9.47 Å². The van der Waals surface area contributed by atoms with Crippen molar-refractivity contribution in [2.45, 2.75) is 19.2 Å². The van der Waals surface area contributed by atoms with Crippen molar-refractivity contribution < 1.29 is 37.3 Å². The van der Waals surface area contributed by atoms with Crippen LogP contribution in [0.3, 0.4) is 0 Å². The van der Waals surface area contributed by atoms with Gasteiger partial charge in [-0.15, -0.1) is 0 Å². The van der Waals surface area contributed by atoms with E-state index in [0.29, 0.717) is 0 Å². The first kappa shape index (κ1) is 14.8. The van der Waals surface area contributed by atoms with E-state index in [1.807, 2.05) is 0 Å². The molecule has 0 amide bonds. The summed E-state index contributed by atoms with van der Waals surface area (Å²) < 4.78 is 44.6. The summed E-state index contributed by atoms with van der Waals surface area (Å²) in [6.07, 6.45) is -7.56. The molecule has 1 atom stereocenters. The van der Waals surface area contributed by atoms with Crippen LogP contribution in [0.4, 0.5) is 13.2 Å². The van der Waals surface area contributed by atoms with Gasteiger partial charge in [-0.3, -0.25) is 4.79 Å². The number of hydrogen-bond acceptors (Lipinski definition) is 5. The number of esters is 1. The molecule has 16 heavy (non-hydrogen) atoms. The molecule has 0 fully saturated rings. The summed E-state index contributed by atoms with van der Waals surface area (Å²) in [7, 11) is 0. The zero-order valence-corrected chi connectivity index (χ0v) is 8.41. The number of carbonyl (C=O) groups excluding carboxylic acids is 2. The molecule has 0 radical (unpaired) electrons. The van der Waals surface area contributed by atoms with Gasteiger partial charge in [0.2, 0.25) is 6.10 Å². The standard InChI is InChI=1S/C8H11F3O5/c1-2-15-7(14)5(16-4-3-12)6(13)8(9,10)11/h5,12H,2-4H2,1H3. The topological polar surface area (TPSA) is 72.8 Å². The van der Waals surface area contributed by atoms with Crippen LogP contribution in [0.25, 0.3) is 0 Å². The largest absolute Gasteiger partial charge is 0.464 e. The molecule has 0 aliphatic rings. The van der Waals surface area contributed by atoms with E-state index < -0.39 is 37.2 Å². The van der Waals surface area contributed by atoms with E-state index in [4.69, 9.17) is 5.11 Å². The molecule has 0 aliphatic carbocycles. The lowest BCUT2D eigenvalue weighted by molar-refractivity contribution is -0.190. The van der Waals surface area contributed by atoms with E-state index in [1.165, 1.54) is 6.92 Å². The zero-order valence-electron chi connectivity index (χ0n) is 8.41. The van der Waals surface area contributed by atoms with Gasteiger partial charge in [-0.1, -0.05) is 0 Å². The Morgan fingerprint density at radius 3 is 2.31 bits per heavy atom. The SMILES string of the molecule is CCOC(=O)C(OCCO)C(=O)C(F)(F)F. The maximum absolute atomic E-state index is 12.0. The Morgan fingerprint density at radius 1 is 1.38 bits per heavy atom. The average molecular weight is 244 g/mol. The predicted octanol–water partition coefficient (Wildman–Crippen LogP) is 0.0584. The van der Waals surface area contributed by atoms with Crippen LogP contribution in [0.15, 0.2) is 0 Å². The van der Waals surface area contributed by atoms with Crippen LogP contribution in [0.1, 0.15) is 6.92 Å². The lowest BCUT2D eigenvalue weighted by atomic mass is 10.2. The van der Waals surface area contributed by atoms with Crippen LogP contribution in [0.2, 0.25) is 0 Å². The molecule has 0 heterocycles. The minimum absolute atomic E-state index is 0.178. The van der Waals surface area contributed by atoms with Gasteiger partial charge in [0.25, 0.3) is 5.78 Å². The zero-order chi connectivity index (χ0) is 12.8. The number of aliphatic hydroxyl groups is 1. The van der Waals surface area contributed by atoms with Crippen molar-refractivity contribution in [1.82, 2.24) is 0 Å². The first-order valence-electron chi connectivity index (χ1n) is 4.34. The number of Topliss-reactive ketones (excluding diaryl/α,β-unsaturated/α-hetero) is 1. The quantitative estimate of drug-likeness (QED) is 0.528. The van der Waals surface area contributed by atoms with Crippen molar-refractivity contribution >= 4 is 11.8 Å².